The SMILES string of the molecule is CC(C)(C)OC(=O)N1CC2CN(C(=O)c3ccc4[nH]nnc4c3)CC2C1. The van der Waals surface area contributed by atoms with Gasteiger partial charge in [0.05, 0.1) is 5.52 Å². The predicted octanol–water partition coefficient (Wildman–Crippen LogP) is 1.90. The molecule has 2 fully saturated rings. The summed E-state index contributed by atoms with van der Waals surface area (Å²) >= 11 is 0. The first-order chi connectivity index (χ1) is 12.3. The van der Waals surface area contributed by atoms with Crippen molar-refractivity contribution in [3.8, 4) is 0 Å². The van der Waals surface area contributed by atoms with Crippen LogP contribution < -0.4 is 0 Å². The number of ether oxygens (including phenoxy) is 1. The summed E-state index contributed by atoms with van der Waals surface area (Å²) in [5.41, 5.74) is 1.63. The maximum atomic E-state index is 12.8. The van der Waals surface area contributed by atoms with E-state index in [-0.39, 0.29) is 12.0 Å². The van der Waals surface area contributed by atoms with Crippen LogP contribution in [-0.4, -0.2) is 69.0 Å². The quantitative estimate of drug-likeness (QED) is 0.842. The molecule has 0 radical (unpaired) electrons. The van der Waals surface area contributed by atoms with Crippen molar-refractivity contribution in [2.75, 3.05) is 26.2 Å². The Bertz CT molecular complexity index is 842. The van der Waals surface area contributed by atoms with Crippen LogP contribution in [0.5, 0.6) is 0 Å². The predicted molar refractivity (Wildman–Crippen MR) is 94.6 cm³/mol. The zero-order valence-electron chi connectivity index (χ0n) is 15.2. The van der Waals surface area contributed by atoms with E-state index < -0.39 is 5.60 Å². The lowest BCUT2D eigenvalue weighted by Crippen LogP contribution is -2.38. The molecule has 2 saturated heterocycles. The summed E-state index contributed by atoms with van der Waals surface area (Å²) < 4.78 is 5.45. The van der Waals surface area contributed by atoms with E-state index >= 15 is 0 Å². The van der Waals surface area contributed by atoms with Crippen LogP contribution in [-0.2, 0) is 4.74 Å². The highest BCUT2D eigenvalue weighted by Crippen LogP contribution is 2.32. The van der Waals surface area contributed by atoms with Crippen LogP contribution in [0.25, 0.3) is 11.0 Å². The molecule has 1 aromatic carbocycles. The summed E-state index contributed by atoms with van der Waals surface area (Å²) in [4.78, 5) is 28.7. The van der Waals surface area contributed by atoms with E-state index in [1.54, 1.807) is 17.0 Å². The first-order valence-electron chi connectivity index (χ1n) is 8.88. The summed E-state index contributed by atoms with van der Waals surface area (Å²) in [7, 11) is 0. The van der Waals surface area contributed by atoms with Gasteiger partial charge < -0.3 is 14.5 Å². The highest BCUT2D eigenvalue weighted by Gasteiger charge is 2.44. The lowest BCUT2D eigenvalue weighted by molar-refractivity contribution is 0.0275. The van der Waals surface area contributed by atoms with Crippen LogP contribution >= 0.6 is 0 Å². The van der Waals surface area contributed by atoms with Crippen molar-refractivity contribution in [2.45, 2.75) is 26.4 Å². The average molecular weight is 357 g/mol. The smallest absolute Gasteiger partial charge is 0.410 e. The van der Waals surface area contributed by atoms with Crippen molar-refractivity contribution in [3.63, 3.8) is 0 Å². The van der Waals surface area contributed by atoms with E-state index in [9.17, 15) is 9.59 Å². The number of aromatic amines is 1. The van der Waals surface area contributed by atoms with Gasteiger partial charge in [0, 0.05) is 43.6 Å². The molecule has 0 spiro atoms. The normalized spacial score (nSPS) is 22.7. The molecule has 1 aromatic heterocycles. The van der Waals surface area contributed by atoms with Gasteiger partial charge in [-0.2, -0.15) is 0 Å². The molecule has 2 aliphatic heterocycles. The van der Waals surface area contributed by atoms with Gasteiger partial charge in [0.2, 0.25) is 0 Å². The fraction of sp³-hybridized carbons (Fsp3) is 0.556. The highest BCUT2D eigenvalue weighted by atomic mass is 16.6. The molecule has 0 aliphatic carbocycles. The third kappa shape index (κ3) is 3.11. The van der Waals surface area contributed by atoms with Gasteiger partial charge in [-0.1, -0.05) is 5.21 Å². The molecule has 4 rings (SSSR count). The van der Waals surface area contributed by atoms with Crippen molar-refractivity contribution >= 4 is 23.0 Å². The van der Waals surface area contributed by atoms with Crippen LogP contribution in [0.3, 0.4) is 0 Å². The number of nitrogens with zero attached hydrogens (tertiary/aromatic N) is 4. The van der Waals surface area contributed by atoms with Gasteiger partial charge in [-0.15, -0.1) is 5.10 Å². The minimum atomic E-state index is -0.490. The number of amides is 2. The van der Waals surface area contributed by atoms with Crippen LogP contribution in [0.2, 0.25) is 0 Å². The number of H-pyrrole nitrogens is 1. The summed E-state index contributed by atoms with van der Waals surface area (Å²) in [5, 5.41) is 10.5. The number of hydrogen-bond acceptors (Lipinski definition) is 5. The zero-order valence-corrected chi connectivity index (χ0v) is 15.2. The molecule has 2 unspecified atom stereocenters. The van der Waals surface area contributed by atoms with E-state index in [1.807, 2.05) is 31.7 Å². The molecule has 2 aliphatic rings. The van der Waals surface area contributed by atoms with E-state index in [0.29, 0.717) is 49.1 Å². The molecule has 2 amide bonds. The van der Waals surface area contributed by atoms with Crippen LogP contribution in [0, 0.1) is 11.8 Å². The second-order valence-electron chi connectivity index (χ2n) is 8.16. The molecule has 2 aromatic rings. The molecule has 0 bridgehead atoms. The first kappa shape index (κ1) is 16.8. The molecular formula is C18H23N5O3. The summed E-state index contributed by atoms with van der Waals surface area (Å²) in [6, 6.07) is 5.39. The number of hydrogen-bond donors (Lipinski definition) is 1. The Morgan fingerprint density at radius 3 is 2.42 bits per heavy atom. The highest BCUT2D eigenvalue weighted by molar-refractivity contribution is 5.97. The number of benzene rings is 1. The van der Waals surface area contributed by atoms with Crippen molar-refractivity contribution < 1.29 is 14.3 Å². The summed E-state index contributed by atoms with van der Waals surface area (Å²) in [6.07, 6.45) is -0.263. The minimum absolute atomic E-state index is 0.00752. The standard InChI is InChI=1S/C18H23N5O3/c1-18(2,3)26-17(25)23-9-12-7-22(8-13(12)10-23)16(24)11-4-5-14-15(6-11)20-21-19-14/h4-6,12-13H,7-10H2,1-3H3,(H,19,20,21). The van der Waals surface area contributed by atoms with E-state index in [2.05, 4.69) is 15.4 Å². The molecule has 2 atom stereocenters. The van der Waals surface area contributed by atoms with Crippen molar-refractivity contribution in [3.05, 3.63) is 23.8 Å². The Kier molecular flexibility index (Phi) is 3.86. The van der Waals surface area contributed by atoms with Gasteiger partial charge in [-0.05, 0) is 39.0 Å². The number of carbonyl (C=O) groups excluding carboxylic acids is 2. The Balaban J connectivity index is 1.39. The number of fused-ring (bicyclic) bond motifs is 2. The molecule has 8 heteroatoms. The number of carbonyl (C=O) groups is 2. The van der Waals surface area contributed by atoms with Crippen molar-refractivity contribution in [1.82, 2.24) is 25.2 Å². The lowest BCUT2D eigenvalue weighted by Gasteiger charge is -2.26. The third-order valence-electron chi connectivity index (χ3n) is 5.00. The van der Waals surface area contributed by atoms with Crippen molar-refractivity contribution in [1.29, 1.82) is 0 Å². The van der Waals surface area contributed by atoms with Gasteiger partial charge in [-0.3, -0.25) is 9.89 Å². The largest absolute Gasteiger partial charge is 0.444 e. The van der Waals surface area contributed by atoms with E-state index in [1.165, 1.54) is 0 Å². The molecule has 8 nitrogen and oxygen atoms in total. The van der Waals surface area contributed by atoms with Gasteiger partial charge in [0.1, 0.15) is 11.1 Å². The first-order valence-corrected chi connectivity index (χ1v) is 8.88. The van der Waals surface area contributed by atoms with Crippen molar-refractivity contribution in [2.24, 2.45) is 11.8 Å². The third-order valence-corrected chi connectivity index (χ3v) is 5.00. The number of rotatable bonds is 1. The topological polar surface area (TPSA) is 91.4 Å². The van der Waals surface area contributed by atoms with Gasteiger partial charge in [0.25, 0.3) is 5.91 Å². The summed E-state index contributed by atoms with van der Waals surface area (Å²) in [6.45, 7) is 8.23. The Labute approximate surface area is 151 Å². The Morgan fingerprint density at radius 1 is 1.12 bits per heavy atom. The molecular weight excluding hydrogens is 334 g/mol. The van der Waals surface area contributed by atoms with Crippen LogP contribution in [0.1, 0.15) is 31.1 Å². The average Bonchev–Trinajstić information content (AvgIpc) is 3.25. The number of nitrogens with one attached hydrogen (secondary N) is 1. The number of aromatic nitrogens is 3. The maximum Gasteiger partial charge on any atom is 0.410 e. The van der Waals surface area contributed by atoms with Crippen LogP contribution in [0.4, 0.5) is 4.79 Å². The molecule has 3 heterocycles. The minimum Gasteiger partial charge on any atom is -0.444 e. The van der Waals surface area contributed by atoms with E-state index in [4.69, 9.17) is 4.74 Å². The molecule has 0 saturated carbocycles. The van der Waals surface area contributed by atoms with Gasteiger partial charge >= 0.3 is 6.09 Å². The zero-order chi connectivity index (χ0) is 18.5. The lowest BCUT2D eigenvalue weighted by atomic mass is 10.0. The molecule has 1 N–H and O–H groups in total. The van der Waals surface area contributed by atoms with E-state index in [0.717, 1.165) is 5.52 Å². The van der Waals surface area contributed by atoms with Gasteiger partial charge in [0.15, 0.2) is 0 Å². The summed E-state index contributed by atoms with van der Waals surface area (Å²) in [5.74, 6) is 0.623. The fourth-order valence-corrected chi connectivity index (χ4v) is 3.79. The molecule has 138 valence electrons. The van der Waals surface area contributed by atoms with Crippen LogP contribution in [0.15, 0.2) is 18.2 Å². The fourth-order valence-electron chi connectivity index (χ4n) is 3.79. The Hall–Kier alpha value is -2.64. The number of likely N-dealkylation sites (tertiary alicyclic amines) is 2. The van der Waals surface area contributed by atoms with Gasteiger partial charge in [-0.25, -0.2) is 4.79 Å². The monoisotopic (exact) mass is 357 g/mol. The maximum absolute atomic E-state index is 12.8. The second kappa shape index (κ2) is 5.96. The Morgan fingerprint density at radius 2 is 1.77 bits per heavy atom. The molecule has 26 heavy (non-hydrogen) atoms. The second-order valence-corrected chi connectivity index (χ2v) is 8.16.